The predicted molar refractivity (Wildman–Crippen MR) is 132 cm³/mol. The van der Waals surface area contributed by atoms with Crippen LogP contribution >= 0.6 is 0 Å². The third-order valence-corrected chi connectivity index (χ3v) is 6.30. The van der Waals surface area contributed by atoms with Gasteiger partial charge in [0.25, 0.3) is 5.91 Å². The number of carbonyl (C=O) groups excluding carboxylic acids is 2. The molecule has 0 unspecified atom stereocenters. The topological polar surface area (TPSA) is 109 Å². The Bertz CT molecular complexity index is 1230. The van der Waals surface area contributed by atoms with Gasteiger partial charge in [-0.1, -0.05) is 18.2 Å². The number of nitrogens with zero attached hydrogens (tertiary/aromatic N) is 1. The van der Waals surface area contributed by atoms with Gasteiger partial charge in [-0.3, -0.25) is 13.9 Å². The summed E-state index contributed by atoms with van der Waals surface area (Å²) in [5.41, 5.74) is 3.22. The molecule has 0 saturated heterocycles. The zero-order valence-electron chi connectivity index (χ0n) is 19.5. The van der Waals surface area contributed by atoms with E-state index >= 15 is 0 Å². The van der Waals surface area contributed by atoms with Gasteiger partial charge in [-0.2, -0.15) is 0 Å². The number of hydrogen-bond donors (Lipinski definition) is 2. The fourth-order valence-electron chi connectivity index (χ4n) is 3.64. The minimum atomic E-state index is -3.51. The second-order valence-electron chi connectivity index (χ2n) is 8.14. The minimum Gasteiger partial charge on any atom is -0.467 e. The van der Waals surface area contributed by atoms with Crippen LogP contribution in [0.3, 0.4) is 0 Å². The van der Waals surface area contributed by atoms with E-state index in [1.54, 1.807) is 36.4 Å². The molecule has 34 heavy (non-hydrogen) atoms. The molecule has 0 fully saturated rings. The third kappa shape index (κ3) is 6.95. The summed E-state index contributed by atoms with van der Waals surface area (Å²) in [4.78, 5) is 25.2. The van der Waals surface area contributed by atoms with Gasteiger partial charge in [0.1, 0.15) is 5.76 Å². The summed E-state index contributed by atoms with van der Waals surface area (Å²) >= 11 is 0. The zero-order valence-corrected chi connectivity index (χ0v) is 20.3. The highest BCUT2D eigenvalue weighted by Crippen LogP contribution is 2.22. The molecule has 0 aliphatic rings. The second-order valence-corrected chi connectivity index (χ2v) is 10.0. The fraction of sp³-hybridized carbons (Fsp3) is 0.280. The first-order chi connectivity index (χ1) is 16.1. The maximum absolute atomic E-state index is 12.6. The molecule has 3 aromatic rings. The third-order valence-electron chi connectivity index (χ3n) is 5.11. The maximum atomic E-state index is 12.6. The molecule has 0 saturated carbocycles. The summed E-state index contributed by atoms with van der Waals surface area (Å²) in [6, 6.07) is 15.8. The Morgan fingerprint density at radius 2 is 1.71 bits per heavy atom. The van der Waals surface area contributed by atoms with Crippen molar-refractivity contribution in [3.8, 4) is 0 Å². The van der Waals surface area contributed by atoms with E-state index in [2.05, 4.69) is 10.6 Å². The van der Waals surface area contributed by atoms with Gasteiger partial charge < -0.3 is 15.1 Å². The van der Waals surface area contributed by atoms with E-state index in [4.69, 9.17) is 4.42 Å². The predicted octanol–water partition coefficient (Wildman–Crippen LogP) is 4.01. The molecular weight excluding hydrogens is 454 g/mol. The molecule has 0 atom stereocenters. The van der Waals surface area contributed by atoms with Crippen molar-refractivity contribution in [1.82, 2.24) is 5.32 Å². The van der Waals surface area contributed by atoms with Crippen molar-refractivity contribution >= 4 is 33.2 Å². The summed E-state index contributed by atoms with van der Waals surface area (Å²) in [6.07, 6.45) is 3.10. The molecule has 8 nitrogen and oxygen atoms in total. The van der Waals surface area contributed by atoms with Crippen LogP contribution in [0.15, 0.2) is 65.3 Å². The number of anilines is 2. The van der Waals surface area contributed by atoms with Crippen LogP contribution in [0.25, 0.3) is 0 Å². The lowest BCUT2D eigenvalue weighted by molar-refractivity contribution is -0.116. The summed E-state index contributed by atoms with van der Waals surface area (Å²) < 4.78 is 31.3. The van der Waals surface area contributed by atoms with Gasteiger partial charge in [0.15, 0.2) is 0 Å². The van der Waals surface area contributed by atoms with E-state index in [1.165, 1.54) is 10.6 Å². The molecular formula is C25H29N3O5S. The summed E-state index contributed by atoms with van der Waals surface area (Å²) in [6.45, 7) is 4.22. The van der Waals surface area contributed by atoms with Crippen LogP contribution in [0.1, 0.15) is 40.1 Å². The van der Waals surface area contributed by atoms with Crippen LogP contribution in [0, 0.1) is 13.8 Å². The molecule has 2 amide bonds. The van der Waals surface area contributed by atoms with E-state index in [-0.39, 0.29) is 31.3 Å². The molecule has 0 bridgehead atoms. The van der Waals surface area contributed by atoms with Crippen LogP contribution in [-0.4, -0.2) is 33.0 Å². The molecule has 0 aliphatic heterocycles. The highest BCUT2D eigenvalue weighted by Gasteiger charge is 2.19. The Kier molecular flexibility index (Phi) is 8.12. The molecule has 0 aliphatic carbocycles. The average molecular weight is 484 g/mol. The number of carbonyl (C=O) groups is 2. The Morgan fingerprint density at radius 3 is 2.35 bits per heavy atom. The number of sulfonamides is 1. The number of para-hydroxylation sites is 1. The Morgan fingerprint density at radius 1 is 1.00 bits per heavy atom. The number of nitrogens with one attached hydrogen (secondary N) is 2. The van der Waals surface area contributed by atoms with Crippen molar-refractivity contribution in [3.05, 3.63) is 83.3 Å². The molecule has 9 heteroatoms. The van der Waals surface area contributed by atoms with Crippen molar-refractivity contribution in [1.29, 1.82) is 0 Å². The van der Waals surface area contributed by atoms with E-state index < -0.39 is 10.0 Å². The number of rotatable bonds is 10. The van der Waals surface area contributed by atoms with E-state index in [0.717, 1.165) is 17.4 Å². The lowest BCUT2D eigenvalue weighted by Gasteiger charge is -2.23. The maximum Gasteiger partial charge on any atom is 0.253 e. The number of amides is 2. The van der Waals surface area contributed by atoms with Gasteiger partial charge in [0.05, 0.1) is 36.0 Å². The van der Waals surface area contributed by atoms with Gasteiger partial charge in [-0.05, 0) is 67.8 Å². The first-order valence-electron chi connectivity index (χ1n) is 10.9. The van der Waals surface area contributed by atoms with Crippen LogP contribution < -0.4 is 14.9 Å². The van der Waals surface area contributed by atoms with Crippen LogP contribution in [0.2, 0.25) is 0 Å². The van der Waals surface area contributed by atoms with Gasteiger partial charge in [0.2, 0.25) is 15.9 Å². The number of benzene rings is 2. The summed E-state index contributed by atoms with van der Waals surface area (Å²) in [5.74, 6) is -0.0281. The smallest absolute Gasteiger partial charge is 0.253 e. The monoisotopic (exact) mass is 483 g/mol. The molecule has 1 aromatic heterocycles. The molecule has 180 valence electrons. The quantitative estimate of drug-likeness (QED) is 0.453. The van der Waals surface area contributed by atoms with Crippen molar-refractivity contribution in [2.45, 2.75) is 33.2 Å². The SMILES string of the molecule is Cc1cc(C)cc(N(CCCC(=O)Nc2ccccc2C(=O)NCc2ccco2)S(C)(=O)=O)c1. The number of furan rings is 1. The Labute approximate surface area is 200 Å². The molecule has 3 rings (SSSR count). The van der Waals surface area contributed by atoms with Gasteiger partial charge in [-0.15, -0.1) is 0 Å². The highest BCUT2D eigenvalue weighted by molar-refractivity contribution is 7.92. The van der Waals surface area contributed by atoms with E-state index in [0.29, 0.717) is 29.1 Å². The van der Waals surface area contributed by atoms with E-state index in [1.807, 2.05) is 32.0 Å². The van der Waals surface area contributed by atoms with Crippen molar-refractivity contribution in [2.75, 3.05) is 22.4 Å². The normalized spacial score (nSPS) is 11.1. The summed E-state index contributed by atoms with van der Waals surface area (Å²) in [7, 11) is -3.51. The largest absolute Gasteiger partial charge is 0.467 e. The number of hydrogen-bond acceptors (Lipinski definition) is 5. The van der Waals surface area contributed by atoms with Gasteiger partial charge >= 0.3 is 0 Å². The van der Waals surface area contributed by atoms with Crippen LogP contribution in [-0.2, 0) is 21.4 Å². The molecule has 2 N–H and O–H groups in total. The Balaban J connectivity index is 1.60. The molecule has 1 heterocycles. The minimum absolute atomic E-state index is 0.0964. The van der Waals surface area contributed by atoms with Crippen molar-refractivity contribution in [3.63, 3.8) is 0 Å². The first-order valence-corrected chi connectivity index (χ1v) is 12.7. The van der Waals surface area contributed by atoms with Crippen molar-refractivity contribution in [2.24, 2.45) is 0 Å². The first kappa shape index (κ1) is 25.0. The zero-order chi connectivity index (χ0) is 24.7. The van der Waals surface area contributed by atoms with Gasteiger partial charge in [0, 0.05) is 13.0 Å². The molecule has 2 aromatic carbocycles. The molecule has 0 radical (unpaired) electrons. The highest BCUT2D eigenvalue weighted by atomic mass is 32.2. The lowest BCUT2D eigenvalue weighted by Crippen LogP contribution is -2.31. The van der Waals surface area contributed by atoms with Crippen LogP contribution in [0.4, 0.5) is 11.4 Å². The second kappa shape index (κ2) is 11.0. The standard InChI is InChI=1S/C25H29N3O5S/c1-18-14-19(2)16-20(15-18)28(34(3,31)32)12-6-11-24(29)27-23-10-5-4-9-22(23)25(30)26-17-21-8-7-13-33-21/h4-5,7-10,13-16H,6,11-12,17H2,1-3H3,(H,26,30)(H,27,29). The van der Waals surface area contributed by atoms with Gasteiger partial charge in [-0.25, -0.2) is 8.42 Å². The lowest BCUT2D eigenvalue weighted by atomic mass is 10.1. The molecule has 0 spiro atoms. The van der Waals surface area contributed by atoms with E-state index in [9.17, 15) is 18.0 Å². The number of aryl methyl sites for hydroxylation is 2. The fourth-order valence-corrected chi connectivity index (χ4v) is 4.59. The Hall–Kier alpha value is -3.59. The average Bonchev–Trinajstić information content (AvgIpc) is 3.27. The van der Waals surface area contributed by atoms with Crippen molar-refractivity contribution < 1.29 is 22.4 Å². The summed E-state index contributed by atoms with van der Waals surface area (Å²) in [5, 5.41) is 5.52. The van der Waals surface area contributed by atoms with Crippen LogP contribution in [0.5, 0.6) is 0 Å².